The fourth-order valence-electron chi connectivity index (χ4n) is 13.9. The molecule has 4 fully saturated rings. The number of hydrogen-bond acceptors (Lipinski definition) is 29. The van der Waals surface area contributed by atoms with Crippen LogP contribution in [0.4, 0.5) is 34.1 Å². The van der Waals surface area contributed by atoms with E-state index in [0.29, 0.717) is 169 Å². The number of anilines is 5. The standard InChI is InChI=1S/C24H35N5O3.C18H28N4O3.C17H27N5O2.C17H26N4O3.C10H12N2O4.C10H14N2O2/c1-5-14-32-21-9-8-17(25-22(30)16-29-12-10-28(4)11-13-29)15-19(21)23-26-20(7-3)18(6-2)24(31)27-23;1-4-11-25-16-6-5-14(12-15(16)18(19)24-3)20-17(23)13-22-9-7-21(2)8-10-22;1-3-10-24-15-5-4-13(11-14(15)17(18)19)20-16(23)12-22-8-6-21(2)7-9-22;1-3-10-24-15-5-4-13(11-14(15)17(18)23)19-16(22)12-21-8-6-20(2)7-9-21;1-2-5-16-9-4-3-7(12(14)15)6-8(9)10(11)13;1-2-5-14-9-4-3-7(11)6-8(9)10(12)13/h8-9,15H,5-7,10-14,16H2,1-4H3,(H,25,30)(H,26,27,31);5-6,12,19H,4,7-11,13H2,1-3H3,(H,20,23);4-5,11H,3,6-10,12H2,1-2H3,(H3,18,19)(H,20,23);4-5,11H,3,6-10,12H2,1-2H3,(H2,18,23)(H,19,22);3-4,6H,2,5H2,1H3,(H2,11,13);3-4,6H,2,5,11H2,1H3,(H2,12,13). The van der Waals surface area contributed by atoms with E-state index in [2.05, 4.69) is 93.6 Å². The van der Waals surface area contributed by atoms with Gasteiger partial charge in [-0.1, -0.05) is 55.4 Å². The monoisotopic (exact) mass is 1880 g/mol. The number of non-ortho nitro benzene ring substituents is 1. The van der Waals surface area contributed by atoms with Crippen molar-refractivity contribution in [3.8, 4) is 45.9 Å². The SMILES string of the molecule is CCCOc1ccc(N)cc1C(N)=O.CCCOc1ccc(NC(=O)CN2CCN(C)CC2)cc1-c1nc(CC)c(CC)c(=O)[nH]1.CCCOc1ccc(NC(=O)CN2CCN(C)CC2)cc1C(=N)N.CCCOc1ccc(NC(=O)CN2CCN(C)CC2)cc1C(=N)OC.CCCOc1ccc(NC(=O)CN2CCN(C)CC2)cc1C(N)=O.CCCOc1ccc([N+](=O)[O-])cc1C(N)=O. The van der Waals surface area contributed by atoms with Crippen LogP contribution in [-0.4, -0.2) is 313 Å². The number of nitrogens with one attached hydrogen (secondary N) is 7. The number of aromatic nitrogens is 2. The van der Waals surface area contributed by atoms with Gasteiger partial charge in [0.2, 0.25) is 29.5 Å². The molecule has 4 aliphatic heterocycles. The number of nitrogen functional groups attached to an aromatic ring is 2. The average molecular weight is 1880 g/mol. The molecule has 7 aromatic rings. The van der Waals surface area contributed by atoms with Crippen molar-refractivity contribution in [1.29, 1.82) is 10.8 Å². The number of nitro groups is 1. The Hall–Kier alpha value is -12.9. The first-order chi connectivity index (χ1) is 64.7. The smallest absolute Gasteiger partial charge is 0.270 e. The minimum atomic E-state index is -0.741. The van der Waals surface area contributed by atoms with Crippen molar-refractivity contribution in [2.45, 2.75) is 107 Å². The summed E-state index contributed by atoms with van der Waals surface area (Å²) in [6.45, 7) is 35.4. The lowest BCUT2D eigenvalue weighted by molar-refractivity contribution is -0.384. The molecule has 738 valence electrons. The largest absolute Gasteiger partial charge is 0.493 e. The Morgan fingerprint density at radius 1 is 0.407 bits per heavy atom. The van der Waals surface area contributed by atoms with Crippen LogP contribution in [0.5, 0.6) is 34.5 Å². The molecule has 4 aliphatic rings. The number of primary amides is 3. The average Bonchev–Trinajstić information content (AvgIpc) is 0.796. The number of carbonyl (C=O) groups is 7. The van der Waals surface area contributed by atoms with Gasteiger partial charge in [0.1, 0.15) is 46.2 Å². The van der Waals surface area contributed by atoms with Gasteiger partial charge in [0.25, 0.3) is 29.0 Å². The number of hydrogen-bond donors (Lipinski definition) is 12. The van der Waals surface area contributed by atoms with Gasteiger partial charge >= 0.3 is 0 Å². The molecule has 0 spiro atoms. The summed E-state index contributed by atoms with van der Waals surface area (Å²) in [5.41, 5.74) is 33.4. The number of benzene rings is 6. The van der Waals surface area contributed by atoms with Crippen LogP contribution in [-0.2, 0) is 36.8 Å². The highest BCUT2D eigenvalue weighted by atomic mass is 16.6. The van der Waals surface area contributed by atoms with Crippen LogP contribution in [0.3, 0.4) is 0 Å². The van der Waals surface area contributed by atoms with Crippen molar-refractivity contribution >= 4 is 87.2 Å². The molecule has 4 saturated heterocycles. The third-order valence-corrected chi connectivity index (χ3v) is 21.4. The Labute approximate surface area is 792 Å². The number of nitrogens with two attached hydrogens (primary N) is 5. The first-order valence-corrected chi connectivity index (χ1v) is 46.0. The molecule has 0 saturated carbocycles. The zero-order valence-electron chi connectivity index (χ0n) is 80.7. The Kier molecular flexibility index (Phi) is 48.4. The van der Waals surface area contributed by atoms with Crippen molar-refractivity contribution < 1.29 is 71.6 Å². The highest BCUT2D eigenvalue weighted by molar-refractivity contribution is 6.02. The highest BCUT2D eigenvalue weighted by Gasteiger charge is 2.25. The molecule has 5 heterocycles. The van der Waals surface area contributed by atoms with E-state index >= 15 is 0 Å². The number of methoxy groups -OCH3 is 1. The number of nitrogens with zero attached hydrogens (tertiary/aromatic N) is 10. The van der Waals surface area contributed by atoms with Crippen LogP contribution >= 0.6 is 0 Å². The molecule has 0 radical (unpaired) electrons. The van der Waals surface area contributed by atoms with E-state index in [1.54, 1.807) is 66.7 Å². The predicted molar refractivity (Wildman–Crippen MR) is 528 cm³/mol. The number of amidine groups is 1. The maximum absolute atomic E-state index is 12.6. The zero-order valence-corrected chi connectivity index (χ0v) is 80.7. The van der Waals surface area contributed by atoms with E-state index in [9.17, 15) is 48.5 Å². The Morgan fingerprint density at radius 3 is 1.03 bits per heavy atom. The minimum Gasteiger partial charge on any atom is -0.493 e. The summed E-state index contributed by atoms with van der Waals surface area (Å²) in [4.78, 5) is 131. The van der Waals surface area contributed by atoms with Gasteiger partial charge in [-0.05, 0) is 177 Å². The quantitative estimate of drug-likeness (QED) is 0.00564. The number of aryl methyl sites for hydroxylation is 1. The number of nitro benzene ring substituents is 1. The van der Waals surface area contributed by atoms with Crippen LogP contribution in [0.1, 0.15) is 147 Å². The van der Waals surface area contributed by atoms with Crippen LogP contribution < -0.4 is 83.9 Å². The summed E-state index contributed by atoms with van der Waals surface area (Å²) in [5, 5.41) is 37.7. The molecule has 17 N–H and O–H groups in total. The van der Waals surface area contributed by atoms with Crippen LogP contribution in [0, 0.1) is 20.9 Å². The van der Waals surface area contributed by atoms with Crippen molar-refractivity contribution in [3.05, 3.63) is 169 Å². The molecule has 6 aromatic carbocycles. The topological polar surface area (TPSA) is 525 Å². The van der Waals surface area contributed by atoms with Crippen molar-refractivity contribution in [2.24, 2.45) is 22.9 Å². The number of ether oxygens (including phenoxy) is 7. The summed E-state index contributed by atoms with van der Waals surface area (Å²) in [6, 6.07) is 29.6. The molecule has 0 atom stereocenters. The number of H-pyrrole nitrogens is 1. The van der Waals surface area contributed by atoms with Gasteiger partial charge in [-0.25, -0.2) is 4.98 Å². The summed E-state index contributed by atoms with van der Waals surface area (Å²) in [6.07, 6.45) is 6.41. The van der Waals surface area contributed by atoms with E-state index in [1.807, 2.05) is 73.6 Å². The first-order valence-electron chi connectivity index (χ1n) is 46.0. The number of carbonyl (C=O) groups excluding carboxylic acids is 7. The maximum atomic E-state index is 12.6. The maximum Gasteiger partial charge on any atom is 0.270 e. The molecule has 11 rings (SSSR count). The second kappa shape index (κ2) is 59.0. The van der Waals surface area contributed by atoms with Gasteiger partial charge in [0.15, 0.2) is 0 Å². The van der Waals surface area contributed by atoms with E-state index < -0.39 is 22.6 Å². The van der Waals surface area contributed by atoms with Gasteiger partial charge in [-0.3, -0.25) is 78.9 Å². The number of likely N-dealkylation sites (N-methyl/N-ethyl adjacent to an activating group) is 4. The van der Waals surface area contributed by atoms with E-state index in [0.717, 1.165) is 155 Å². The molecule has 135 heavy (non-hydrogen) atoms. The fourth-order valence-corrected chi connectivity index (χ4v) is 13.9. The number of piperazine rings is 4. The number of amides is 7. The summed E-state index contributed by atoms with van der Waals surface area (Å²) < 4.78 is 38.3. The lowest BCUT2D eigenvalue weighted by Crippen LogP contribution is -2.47. The lowest BCUT2D eigenvalue weighted by atomic mass is 10.1. The van der Waals surface area contributed by atoms with Crippen LogP contribution in [0.2, 0.25) is 0 Å². The second-order valence-electron chi connectivity index (χ2n) is 32.7. The van der Waals surface area contributed by atoms with Crippen molar-refractivity contribution in [3.63, 3.8) is 0 Å². The number of rotatable bonds is 39. The van der Waals surface area contributed by atoms with Gasteiger partial charge in [0, 0.05) is 151 Å². The summed E-state index contributed by atoms with van der Waals surface area (Å²) in [7, 11) is 9.79. The summed E-state index contributed by atoms with van der Waals surface area (Å²) >= 11 is 0. The third kappa shape index (κ3) is 38.6. The molecule has 39 heteroatoms. The third-order valence-electron chi connectivity index (χ3n) is 21.4. The molecular weight excluding hydrogens is 1730 g/mol. The first kappa shape index (κ1) is 111. The molecular formula is C96H142N22O17. The molecule has 0 bridgehead atoms. The molecule has 0 unspecified atom stereocenters. The van der Waals surface area contributed by atoms with E-state index in [4.69, 9.17) is 77.6 Å². The minimum absolute atomic E-state index is 0.0151. The van der Waals surface area contributed by atoms with Crippen molar-refractivity contribution in [2.75, 3.05) is 233 Å². The Bertz CT molecular complexity index is 4960. The van der Waals surface area contributed by atoms with Gasteiger partial charge in [0.05, 0.1) is 117 Å². The number of aromatic amines is 1. The van der Waals surface area contributed by atoms with Gasteiger partial charge in [-0.2, -0.15) is 0 Å². The van der Waals surface area contributed by atoms with Crippen LogP contribution in [0.15, 0.2) is 114 Å². The second-order valence-corrected chi connectivity index (χ2v) is 32.7. The Morgan fingerprint density at radius 2 is 0.704 bits per heavy atom. The van der Waals surface area contributed by atoms with Crippen LogP contribution in [0.25, 0.3) is 11.4 Å². The zero-order chi connectivity index (χ0) is 99.1. The van der Waals surface area contributed by atoms with E-state index in [1.165, 1.54) is 25.3 Å². The van der Waals surface area contributed by atoms with Gasteiger partial charge < -0.3 is 108 Å². The highest BCUT2D eigenvalue weighted by Crippen LogP contribution is 2.33. The molecule has 7 amide bonds. The fraction of sp³-hybridized carbons (Fsp3) is 0.490. The normalized spacial score (nSPS) is 14.3. The predicted octanol–water partition coefficient (Wildman–Crippen LogP) is 8.51. The lowest BCUT2D eigenvalue weighted by Gasteiger charge is -2.31. The summed E-state index contributed by atoms with van der Waals surface area (Å²) in [5.74, 6) is 1.31. The van der Waals surface area contributed by atoms with Crippen molar-refractivity contribution in [1.82, 2.24) is 49.2 Å². The van der Waals surface area contributed by atoms with Gasteiger partial charge in [-0.15, -0.1) is 0 Å². The molecule has 0 aliphatic carbocycles. The van der Waals surface area contributed by atoms with E-state index in [-0.39, 0.29) is 63.5 Å². The Balaban J connectivity index is 0.000000253. The molecule has 1 aromatic heterocycles. The molecule has 39 nitrogen and oxygen atoms in total.